The van der Waals surface area contributed by atoms with Crippen molar-refractivity contribution in [1.29, 1.82) is 0 Å². The Labute approximate surface area is 121 Å². The molecule has 0 fully saturated rings. The number of ether oxygens (including phenoxy) is 1. The summed E-state index contributed by atoms with van der Waals surface area (Å²) in [7, 11) is -2.86. The summed E-state index contributed by atoms with van der Waals surface area (Å²) in [4.78, 5) is 0. The van der Waals surface area contributed by atoms with Crippen LogP contribution in [0.1, 0.15) is 36.9 Å². The van der Waals surface area contributed by atoms with Crippen molar-refractivity contribution in [3.8, 4) is 5.75 Å². The third kappa shape index (κ3) is 4.21. The average molecular weight is 297 g/mol. The van der Waals surface area contributed by atoms with Gasteiger partial charge in [0.15, 0.2) is 0 Å². The lowest BCUT2D eigenvalue weighted by Gasteiger charge is -2.18. The molecule has 0 spiro atoms. The van der Waals surface area contributed by atoms with Crippen molar-refractivity contribution >= 4 is 9.84 Å². The van der Waals surface area contributed by atoms with Gasteiger partial charge in [-0.1, -0.05) is 19.1 Å². The van der Waals surface area contributed by atoms with Gasteiger partial charge in [-0.25, -0.2) is 8.42 Å². The molecule has 1 unspecified atom stereocenters. The van der Waals surface area contributed by atoms with E-state index in [0.717, 1.165) is 31.7 Å². The van der Waals surface area contributed by atoms with Crippen molar-refractivity contribution < 1.29 is 13.2 Å². The van der Waals surface area contributed by atoms with Crippen LogP contribution in [0.15, 0.2) is 18.2 Å². The van der Waals surface area contributed by atoms with Gasteiger partial charge in [0, 0.05) is 18.7 Å². The van der Waals surface area contributed by atoms with Crippen LogP contribution in [0.25, 0.3) is 0 Å². The fraction of sp³-hybridized carbons (Fsp3) is 0.600. The van der Waals surface area contributed by atoms with Gasteiger partial charge in [0.25, 0.3) is 0 Å². The molecule has 20 heavy (non-hydrogen) atoms. The molecule has 0 aromatic heterocycles. The molecule has 1 aliphatic heterocycles. The van der Waals surface area contributed by atoms with E-state index in [2.05, 4.69) is 24.4 Å². The largest absolute Gasteiger partial charge is 0.493 e. The first-order valence-corrected chi connectivity index (χ1v) is 9.22. The highest BCUT2D eigenvalue weighted by Gasteiger charge is 2.15. The molecule has 5 heteroatoms. The van der Waals surface area contributed by atoms with Crippen molar-refractivity contribution in [2.45, 2.75) is 32.2 Å². The predicted molar refractivity (Wildman–Crippen MR) is 81.0 cm³/mol. The lowest BCUT2D eigenvalue weighted by Crippen LogP contribution is -2.23. The monoisotopic (exact) mass is 297 g/mol. The number of rotatable bonds is 7. The predicted octanol–water partition coefficient (Wildman–Crippen LogP) is 2.10. The molecule has 112 valence electrons. The third-order valence-corrected chi connectivity index (χ3v) is 4.64. The van der Waals surface area contributed by atoms with Gasteiger partial charge in [-0.2, -0.15) is 0 Å². The Kier molecular flexibility index (Phi) is 5.05. The molecule has 1 heterocycles. The van der Waals surface area contributed by atoms with Crippen molar-refractivity contribution in [1.82, 2.24) is 5.32 Å². The Balaban J connectivity index is 1.91. The zero-order valence-corrected chi connectivity index (χ0v) is 13.0. The maximum atomic E-state index is 11.1. The molecule has 0 radical (unpaired) electrons. The van der Waals surface area contributed by atoms with Crippen LogP contribution in [-0.2, 0) is 16.3 Å². The highest BCUT2D eigenvalue weighted by molar-refractivity contribution is 7.90. The minimum Gasteiger partial charge on any atom is -0.493 e. The van der Waals surface area contributed by atoms with Gasteiger partial charge in [0.05, 0.1) is 12.4 Å². The first-order valence-electron chi connectivity index (χ1n) is 7.16. The third-order valence-electron chi connectivity index (χ3n) is 3.61. The topological polar surface area (TPSA) is 55.4 Å². The Morgan fingerprint density at radius 2 is 2.20 bits per heavy atom. The van der Waals surface area contributed by atoms with Gasteiger partial charge in [-0.05, 0) is 36.6 Å². The van der Waals surface area contributed by atoms with Crippen LogP contribution in [0.3, 0.4) is 0 Å². The Bertz CT molecular complexity index is 554. The van der Waals surface area contributed by atoms with E-state index in [-0.39, 0.29) is 11.8 Å². The molecule has 1 aromatic carbocycles. The van der Waals surface area contributed by atoms with E-state index in [4.69, 9.17) is 4.74 Å². The Morgan fingerprint density at radius 1 is 1.40 bits per heavy atom. The van der Waals surface area contributed by atoms with E-state index in [0.29, 0.717) is 6.42 Å². The van der Waals surface area contributed by atoms with Gasteiger partial charge in [0.1, 0.15) is 15.6 Å². The van der Waals surface area contributed by atoms with Crippen molar-refractivity contribution in [3.63, 3.8) is 0 Å². The van der Waals surface area contributed by atoms with Gasteiger partial charge in [0.2, 0.25) is 0 Å². The van der Waals surface area contributed by atoms with Crippen LogP contribution < -0.4 is 10.1 Å². The molecule has 1 N–H and O–H groups in total. The molecule has 0 saturated carbocycles. The Morgan fingerprint density at radius 3 is 2.90 bits per heavy atom. The van der Waals surface area contributed by atoms with E-state index >= 15 is 0 Å². The normalized spacial score (nSPS) is 15.7. The van der Waals surface area contributed by atoms with Crippen LogP contribution in [0, 0.1) is 0 Å². The van der Waals surface area contributed by atoms with Crippen LogP contribution in [0.2, 0.25) is 0 Å². The van der Waals surface area contributed by atoms with E-state index in [1.807, 2.05) is 6.07 Å². The molecule has 0 saturated heterocycles. The fourth-order valence-electron chi connectivity index (χ4n) is 2.53. The lowest BCUT2D eigenvalue weighted by molar-refractivity contribution is 0.356. The zero-order chi connectivity index (χ0) is 14.6. The molecule has 0 aliphatic carbocycles. The van der Waals surface area contributed by atoms with Gasteiger partial charge < -0.3 is 10.1 Å². The molecule has 0 amide bonds. The summed E-state index contributed by atoms with van der Waals surface area (Å²) in [6, 6.07) is 6.63. The first-order chi connectivity index (χ1) is 9.49. The maximum Gasteiger partial charge on any atom is 0.147 e. The summed E-state index contributed by atoms with van der Waals surface area (Å²) in [5.74, 6) is 1.25. The maximum absolute atomic E-state index is 11.1. The standard InChI is InChI=1S/C15H23NO3S/c1-3-14(16-8-4-10-20(2,17)18)12-5-6-15-13(11-12)7-9-19-15/h5-6,11,14,16H,3-4,7-10H2,1-2H3. The van der Waals surface area contributed by atoms with Crippen LogP contribution >= 0.6 is 0 Å². The summed E-state index contributed by atoms with van der Waals surface area (Å²) in [6.07, 6.45) is 3.90. The number of hydrogen-bond donors (Lipinski definition) is 1. The number of hydrogen-bond acceptors (Lipinski definition) is 4. The van der Waals surface area contributed by atoms with Gasteiger partial charge >= 0.3 is 0 Å². The second-order valence-corrected chi connectivity index (χ2v) is 7.62. The molecule has 1 atom stereocenters. The van der Waals surface area contributed by atoms with Crippen LogP contribution in [0.4, 0.5) is 0 Å². The molecule has 2 rings (SSSR count). The summed E-state index contributed by atoms with van der Waals surface area (Å²) in [6.45, 7) is 3.63. The van der Waals surface area contributed by atoms with E-state index in [1.54, 1.807) is 0 Å². The minimum atomic E-state index is -2.86. The number of benzene rings is 1. The molecule has 1 aromatic rings. The molecule has 4 nitrogen and oxygen atoms in total. The van der Waals surface area contributed by atoms with Crippen molar-refractivity contribution in [2.75, 3.05) is 25.2 Å². The fourth-order valence-corrected chi connectivity index (χ4v) is 3.20. The van der Waals surface area contributed by atoms with E-state index in [1.165, 1.54) is 17.4 Å². The van der Waals surface area contributed by atoms with Gasteiger partial charge in [-0.3, -0.25) is 0 Å². The number of sulfone groups is 1. The molecular weight excluding hydrogens is 274 g/mol. The lowest BCUT2D eigenvalue weighted by atomic mass is 10.0. The zero-order valence-electron chi connectivity index (χ0n) is 12.2. The summed E-state index contributed by atoms with van der Waals surface area (Å²) in [5, 5.41) is 3.44. The highest BCUT2D eigenvalue weighted by atomic mass is 32.2. The minimum absolute atomic E-state index is 0.245. The first kappa shape index (κ1) is 15.3. The van der Waals surface area contributed by atoms with Crippen molar-refractivity contribution in [2.24, 2.45) is 0 Å². The number of fused-ring (bicyclic) bond motifs is 1. The highest BCUT2D eigenvalue weighted by Crippen LogP contribution is 2.29. The van der Waals surface area contributed by atoms with Crippen LogP contribution in [0.5, 0.6) is 5.75 Å². The molecular formula is C15H23NO3S. The van der Waals surface area contributed by atoms with Crippen LogP contribution in [-0.4, -0.2) is 33.6 Å². The smallest absolute Gasteiger partial charge is 0.147 e. The summed E-state index contributed by atoms with van der Waals surface area (Å²) in [5.41, 5.74) is 2.54. The molecule has 1 aliphatic rings. The number of nitrogens with one attached hydrogen (secondary N) is 1. The van der Waals surface area contributed by atoms with E-state index in [9.17, 15) is 8.42 Å². The van der Waals surface area contributed by atoms with Crippen molar-refractivity contribution in [3.05, 3.63) is 29.3 Å². The van der Waals surface area contributed by atoms with Gasteiger partial charge in [-0.15, -0.1) is 0 Å². The molecule has 0 bridgehead atoms. The SMILES string of the molecule is CCC(NCCCS(C)(=O)=O)c1ccc2c(c1)CCO2. The second kappa shape index (κ2) is 6.59. The quantitative estimate of drug-likeness (QED) is 0.783. The second-order valence-electron chi connectivity index (χ2n) is 5.36. The van der Waals surface area contributed by atoms with E-state index < -0.39 is 9.84 Å². The summed E-state index contributed by atoms with van der Waals surface area (Å²) >= 11 is 0. The summed E-state index contributed by atoms with van der Waals surface area (Å²) < 4.78 is 27.7. The average Bonchev–Trinajstić information content (AvgIpc) is 2.84. The Hall–Kier alpha value is -1.07.